The summed E-state index contributed by atoms with van der Waals surface area (Å²) >= 11 is 0. The van der Waals surface area contributed by atoms with Crippen molar-refractivity contribution in [2.24, 2.45) is 0 Å². The molecule has 31 heavy (non-hydrogen) atoms. The molecule has 2 aromatic carbocycles. The fraction of sp³-hybridized carbons (Fsp3) is 0.409. The number of benzene rings is 2. The maximum atomic E-state index is 12.7. The summed E-state index contributed by atoms with van der Waals surface area (Å²) < 4.78 is 36.5. The maximum Gasteiger partial charge on any atom is 0.251 e. The van der Waals surface area contributed by atoms with Crippen molar-refractivity contribution in [1.82, 2.24) is 14.5 Å². The van der Waals surface area contributed by atoms with Crippen molar-refractivity contribution in [3.8, 4) is 11.5 Å². The molecular weight excluding hydrogens is 418 g/mol. The van der Waals surface area contributed by atoms with E-state index in [1.54, 1.807) is 0 Å². The molecule has 0 aromatic heterocycles. The van der Waals surface area contributed by atoms with Crippen LogP contribution in [0.15, 0.2) is 47.4 Å². The van der Waals surface area contributed by atoms with Crippen LogP contribution in [-0.4, -0.2) is 64.1 Å². The topological polar surface area (TPSA) is 88.2 Å². The first-order valence-corrected chi connectivity index (χ1v) is 11.7. The fourth-order valence-electron chi connectivity index (χ4n) is 3.91. The molecule has 2 aliphatic rings. The van der Waals surface area contributed by atoms with Gasteiger partial charge in [0.05, 0.1) is 10.9 Å². The van der Waals surface area contributed by atoms with Gasteiger partial charge >= 0.3 is 0 Å². The summed E-state index contributed by atoms with van der Waals surface area (Å²) in [5, 5.41) is 3.01. The number of hydrogen-bond acceptors (Lipinski definition) is 6. The van der Waals surface area contributed by atoms with Crippen molar-refractivity contribution in [2.75, 3.05) is 40.5 Å². The summed E-state index contributed by atoms with van der Waals surface area (Å²) in [5.74, 6) is 1.23. The van der Waals surface area contributed by atoms with Crippen molar-refractivity contribution in [3.63, 3.8) is 0 Å². The van der Waals surface area contributed by atoms with E-state index < -0.39 is 10.0 Å². The molecule has 1 atom stereocenters. The van der Waals surface area contributed by atoms with Crippen LogP contribution < -0.4 is 14.8 Å². The van der Waals surface area contributed by atoms with Gasteiger partial charge in [0.15, 0.2) is 11.5 Å². The summed E-state index contributed by atoms with van der Waals surface area (Å²) in [4.78, 5) is 15.3. The van der Waals surface area contributed by atoms with Gasteiger partial charge in [0.25, 0.3) is 5.91 Å². The zero-order valence-electron chi connectivity index (χ0n) is 17.7. The lowest BCUT2D eigenvalue weighted by Crippen LogP contribution is -2.36. The van der Waals surface area contributed by atoms with Crippen LogP contribution >= 0.6 is 0 Å². The predicted octanol–water partition coefficient (Wildman–Crippen LogP) is 2.23. The highest BCUT2D eigenvalue weighted by Gasteiger charge is 2.26. The van der Waals surface area contributed by atoms with Gasteiger partial charge in [-0.1, -0.05) is 6.07 Å². The van der Waals surface area contributed by atoms with Gasteiger partial charge in [-0.25, -0.2) is 12.7 Å². The quantitative estimate of drug-likeness (QED) is 0.703. The largest absolute Gasteiger partial charge is 0.454 e. The second kappa shape index (κ2) is 8.86. The molecule has 166 valence electrons. The first-order valence-electron chi connectivity index (χ1n) is 10.3. The first-order chi connectivity index (χ1) is 14.9. The third-order valence-electron chi connectivity index (χ3n) is 5.71. The van der Waals surface area contributed by atoms with E-state index in [-0.39, 0.29) is 23.6 Å². The third-order valence-corrected chi connectivity index (χ3v) is 7.54. The molecule has 1 N–H and O–H groups in total. The van der Waals surface area contributed by atoms with E-state index in [4.69, 9.17) is 9.47 Å². The van der Waals surface area contributed by atoms with E-state index in [1.807, 2.05) is 18.2 Å². The lowest BCUT2D eigenvalue weighted by atomic mass is 10.0. The van der Waals surface area contributed by atoms with E-state index in [1.165, 1.54) is 38.4 Å². The molecule has 0 radical (unpaired) electrons. The van der Waals surface area contributed by atoms with E-state index in [0.29, 0.717) is 12.1 Å². The predicted molar refractivity (Wildman–Crippen MR) is 116 cm³/mol. The molecule has 0 saturated carbocycles. The number of rotatable bonds is 7. The molecule has 0 bridgehead atoms. The van der Waals surface area contributed by atoms with Crippen LogP contribution in [0.2, 0.25) is 0 Å². The lowest BCUT2D eigenvalue weighted by molar-refractivity contribution is 0.0938. The number of ether oxygens (including phenoxy) is 2. The smallest absolute Gasteiger partial charge is 0.251 e. The fourth-order valence-corrected chi connectivity index (χ4v) is 4.81. The van der Waals surface area contributed by atoms with E-state index in [0.717, 1.165) is 47.3 Å². The number of carbonyl (C=O) groups excluding carboxylic acids is 1. The molecule has 2 heterocycles. The van der Waals surface area contributed by atoms with Crippen molar-refractivity contribution >= 4 is 15.9 Å². The second-order valence-corrected chi connectivity index (χ2v) is 10.0. The summed E-state index contributed by atoms with van der Waals surface area (Å²) in [6, 6.07) is 11.9. The Morgan fingerprint density at radius 3 is 2.42 bits per heavy atom. The zero-order chi connectivity index (χ0) is 22.0. The Morgan fingerprint density at radius 2 is 1.74 bits per heavy atom. The van der Waals surface area contributed by atoms with Crippen LogP contribution in [0.3, 0.4) is 0 Å². The molecule has 9 heteroatoms. The van der Waals surface area contributed by atoms with Crippen LogP contribution in [0.25, 0.3) is 0 Å². The van der Waals surface area contributed by atoms with Crippen LogP contribution in [0.5, 0.6) is 11.5 Å². The van der Waals surface area contributed by atoms with Crippen LogP contribution in [0.4, 0.5) is 0 Å². The number of fused-ring (bicyclic) bond motifs is 1. The highest BCUT2D eigenvalue weighted by molar-refractivity contribution is 7.89. The zero-order valence-corrected chi connectivity index (χ0v) is 18.5. The van der Waals surface area contributed by atoms with E-state index >= 15 is 0 Å². The minimum Gasteiger partial charge on any atom is -0.454 e. The monoisotopic (exact) mass is 445 g/mol. The van der Waals surface area contributed by atoms with Crippen LogP contribution in [0.1, 0.15) is 34.8 Å². The maximum absolute atomic E-state index is 12.7. The Balaban J connectivity index is 1.47. The number of nitrogens with zero attached hydrogens (tertiary/aromatic N) is 2. The lowest BCUT2D eigenvalue weighted by Gasteiger charge is -2.28. The minimum atomic E-state index is -3.52. The number of amides is 1. The SMILES string of the molecule is CN(C)S(=O)(=O)c1ccc(C(=O)NC[C@@H](c2ccc3c(c2)OCO3)N2CCCC2)cc1. The molecule has 1 saturated heterocycles. The number of nitrogens with one attached hydrogen (secondary N) is 1. The van der Waals surface area contributed by atoms with Gasteiger partial charge in [-0.15, -0.1) is 0 Å². The Hall–Kier alpha value is -2.62. The average molecular weight is 446 g/mol. The molecule has 2 aliphatic heterocycles. The summed E-state index contributed by atoms with van der Waals surface area (Å²) in [5.41, 5.74) is 1.49. The molecule has 1 fully saturated rings. The standard InChI is InChI=1S/C22H27N3O5S/c1-24(2)31(27,28)18-8-5-16(6-9-18)22(26)23-14-19(25-11-3-4-12-25)17-7-10-20-21(13-17)30-15-29-20/h5-10,13,19H,3-4,11-12,14-15H2,1-2H3,(H,23,26)/t19-/m0/s1. The normalized spacial score (nSPS) is 17.1. The van der Waals surface area contributed by atoms with Crippen molar-refractivity contribution in [2.45, 2.75) is 23.8 Å². The number of hydrogen-bond donors (Lipinski definition) is 1. The van der Waals surface area contributed by atoms with Crippen molar-refractivity contribution in [3.05, 3.63) is 53.6 Å². The van der Waals surface area contributed by atoms with Crippen LogP contribution in [0, 0.1) is 0 Å². The molecule has 4 rings (SSSR count). The van der Waals surface area contributed by atoms with Gasteiger partial charge in [0, 0.05) is 26.2 Å². The Bertz CT molecular complexity index is 1050. The molecule has 8 nitrogen and oxygen atoms in total. The Labute approximate surface area is 182 Å². The summed E-state index contributed by atoms with van der Waals surface area (Å²) in [6.07, 6.45) is 2.27. The van der Waals surface area contributed by atoms with Gasteiger partial charge < -0.3 is 14.8 Å². The Morgan fingerprint density at radius 1 is 1.06 bits per heavy atom. The number of sulfonamides is 1. The van der Waals surface area contributed by atoms with E-state index in [9.17, 15) is 13.2 Å². The van der Waals surface area contributed by atoms with Crippen molar-refractivity contribution < 1.29 is 22.7 Å². The third kappa shape index (κ3) is 4.53. The summed E-state index contributed by atoms with van der Waals surface area (Å²) in [7, 11) is -0.571. The summed E-state index contributed by atoms with van der Waals surface area (Å²) in [6.45, 7) is 2.62. The first kappa shape index (κ1) is 21.6. The molecule has 0 spiro atoms. The average Bonchev–Trinajstić information content (AvgIpc) is 3.45. The van der Waals surface area contributed by atoms with Gasteiger partial charge in [0.2, 0.25) is 16.8 Å². The highest BCUT2D eigenvalue weighted by atomic mass is 32.2. The molecule has 1 amide bonds. The molecular formula is C22H27N3O5S. The second-order valence-electron chi connectivity index (χ2n) is 7.89. The Kier molecular flexibility index (Phi) is 6.17. The number of carbonyl (C=O) groups is 1. The van der Waals surface area contributed by atoms with Gasteiger partial charge in [-0.05, 0) is 67.9 Å². The van der Waals surface area contributed by atoms with Crippen molar-refractivity contribution in [1.29, 1.82) is 0 Å². The van der Waals surface area contributed by atoms with Crippen LogP contribution in [-0.2, 0) is 10.0 Å². The number of likely N-dealkylation sites (tertiary alicyclic amines) is 1. The van der Waals surface area contributed by atoms with Gasteiger partial charge in [-0.2, -0.15) is 0 Å². The molecule has 0 aliphatic carbocycles. The van der Waals surface area contributed by atoms with Gasteiger partial charge in [-0.3, -0.25) is 9.69 Å². The minimum absolute atomic E-state index is 0.0225. The molecule has 2 aromatic rings. The van der Waals surface area contributed by atoms with E-state index in [2.05, 4.69) is 10.2 Å². The molecule has 0 unspecified atom stereocenters. The van der Waals surface area contributed by atoms with Gasteiger partial charge in [0.1, 0.15) is 0 Å². The highest BCUT2D eigenvalue weighted by Crippen LogP contribution is 2.36.